The van der Waals surface area contributed by atoms with Crippen LogP contribution in [0.3, 0.4) is 0 Å². The minimum absolute atomic E-state index is 0.186. The Morgan fingerprint density at radius 1 is 0.959 bits per heavy atom. The van der Waals surface area contributed by atoms with E-state index in [1.54, 1.807) is 10.7 Å². The number of hydrogen-bond acceptors (Lipinski definition) is 9. The van der Waals surface area contributed by atoms with E-state index in [0.29, 0.717) is 60.5 Å². The molecule has 3 unspecified atom stereocenters. The normalized spacial score (nSPS) is 21.2. The second-order valence-electron chi connectivity index (χ2n) is 12.7. The van der Waals surface area contributed by atoms with Crippen molar-refractivity contribution in [3.63, 3.8) is 0 Å². The summed E-state index contributed by atoms with van der Waals surface area (Å²) >= 11 is 0. The van der Waals surface area contributed by atoms with Crippen LogP contribution in [0, 0.1) is 0 Å². The van der Waals surface area contributed by atoms with Crippen molar-refractivity contribution in [1.29, 1.82) is 0 Å². The summed E-state index contributed by atoms with van der Waals surface area (Å²) in [6.45, 7) is 1.60. The Kier molecular flexibility index (Phi) is 7.75. The zero-order valence-electron chi connectivity index (χ0n) is 26.5. The molecule has 3 aliphatic rings. The van der Waals surface area contributed by atoms with Crippen molar-refractivity contribution >= 4 is 34.6 Å². The number of anilines is 1. The number of benzene rings is 3. The fourth-order valence-corrected chi connectivity index (χ4v) is 7.09. The van der Waals surface area contributed by atoms with Crippen molar-refractivity contribution in [1.82, 2.24) is 34.9 Å². The maximum absolute atomic E-state index is 16.1. The van der Waals surface area contributed by atoms with Gasteiger partial charge in [0.05, 0.1) is 11.4 Å². The zero-order chi connectivity index (χ0) is 33.6. The molecule has 3 N–H and O–H groups in total. The lowest BCUT2D eigenvalue weighted by Crippen LogP contribution is -2.52. The first-order valence-electron chi connectivity index (χ1n) is 16.3. The Morgan fingerprint density at radius 3 is 2.53 bits per heavy atom. The lowest BCUT2D eigenvalue weighted by molar-refractivity contribution is -0.136. The van der Waals surface area contributed by atoms with Gasteiger partial charge in [-0.3, -0.25) is 24.6 Å². The molecule has 5 aromatic rings. The maximum Gasteiger partial charge on any atom is 0.255 e. The average Bonchev–Trinajstić information content (AvgIpc) is 3.64. The largest absolute Gasteiger partial charge is 0.457 e. The quantitative estimate of drug-likeness (QED) is 0.242. The first kappa shape index (κ1) is 30.6. The molecule has 8 rings (SSSR count). The Hall–Kier alpha value is -5.69. The number of rotatable bonds is 7. The van der Waals surface area contributed by atoms with Crippen LogP contribution >= 0.6 is 0 Å². The van der Waals surface area contributed by atoms with Crippen LogP contribution in [-0.2, 0) is 22.7 Å². The zero-order valence-corrected chi connectivity index (χ0v) is 26.5. The van der Waals surface area contributed by atoms with E-state index in [-0.39, 0.29) is 30.6 Å². The topological polar surface area (TPSA) is 149 Å². The minimum Gasteiger partial charge on any atom is -0.457 e. The number of imide groups is 1. The molecular weight excluding hydrogens is 627 g/mol. The molecule has 0 bridgehead atoms. The number of carbonyl (C=O) groups excluding carboxylic acids is 3. The highest BCUT2D eigenvalue weighted by atomic mass is 19.1. The number of nitrogens with two attached hydrogens (primary N) is 1. The third-order valence-electron chi connectivity index (χ3n) is 9.52. The van der Waals surface area contributed by atoms with Gasteiger partial charge in [0.25, 0.3) is 5.91 Å². The Balaban J connectivity index is 0.972. The number of fused-ring (bicyclic) bond motifs is 2. The number of para-hydroxylation sites is 1. The fraction of sp³-hybridized carbons (Fsp3) is 0.278. The van der Waals surface area contributed by atoms with Gasteiger partial charge in [-0.15, -0.1) is 0 Å². The molecule has 0 aliphatic carbocycles. The summed E-state index contributed by atoms with van der Waals surface area (Å²) in [5, 5.41) is 7.78. The minimum atomic E-state index is -1.23. The average molecular weight is 661 g/mol. The number of ether oxygens (including phenoxy) is 1. The van der Waals surface area contributed by atoms with Crippen molar-refractivity contribution in [3.8, 4) is 22.8 Å². The molecule has 49 heavy (non-hydrogen) atoms. The molecule has 13 heteroatoms. The van der Waals surface area contributed by atoms with Gasteiger partial charge in [0.1, 0.15) is 41.6 Å². The summed E-state index contributed by atoms with van der Waals surface area (Å²) in [6.07, 6.45) is 1.15. The van der Waals surface area contributed by atoms with E-state index in [2.05, 4.69) is 20.2 Å². The van der Waals surface area contributed by atoms with Gasteiger partial charge in [-0.25, -0.2) is 19.0 Å². The molecule has 3 amide bonds. The van der Waals surface area contributed by atoms with Gasteiger partial charge in [-0.05, 0) is 66.4 Å². The molecule has 0 saturated carbocycles. The molecule has 12 nitrogen and oxygen atoms in total. The van der Waals surface area contributed by atoms with E-state index in [4.69, 9.17) is 15.6 Å². The molecule has 3 atom stereocenters. The highest BCUT2D eigenvalue weighted by Crippen LogP contribution is 2.36. The summed E-state index contributed by atoms with van der Waals surface area (Å²) in [6, 6.07) is 21.4. The summed E-state index contributed by atoms with van der Waals surface area (Å²) in [4.78, 5) is 49.4. The van der Waals surface area contributed by atoms with E-state index < -0.39 is 24.2 Å². The van der Waals surface area contributed by atoms with Crippen molar-refractivity contribution < 1.29 is 23.5 Å². The van der Waals surface area contributed by atoms with Crippen LogP contribution in [0.2, 0.25) is 0 Å². The number of carbonyl (C=O) groups is 3. The summed E-state index contributed by atoms with van der Waals surface area (Å²) < 4.78 is 23.7. The van der Waals surface area contributed by atoms with Gasteiger partial charge in [0.2, 0.25) is 11.8 Å². The lowest BCUT2D eigenvalue weighted by atomic mass is 10.0. The van der Waals surface area contributed by atoms with Crippen LogP contribution in [0.15, 0.2) is 79.1 Å². The van der Waals surface area contributed by atoms with Crippen molar-refractivity contribution in [2.24, 2.45) is 0 Å². The molecule has 0 radical (unpaired) electrons. The molecule has 5 heterocycles. The predicted molar refractivity (Wildman–Crippen MR) is 178 cm³/mol. The third-order valence-corrected chi connectivity index (χ3v) is 9.52. The standard InChI is InChI=1S/C36H33FN8O4/c37-27-19-43(17-21-6-11-26-23(16-21)18-44(36(26)48)29-12-13-30(46)41-35(29)47)15-14-28(27)45-34-31(33(38)39-20-40-34)32(42-45)22-7-9-25(10-8-22)49-24-4-2-1-3-5-24/h1-11,16,20,27-29H,12-15,17-19H2,(H2,38,39,40)(H,41,46,47). The number of alkyl halides is 1. The number of likely N-dealkylation sites (tertiary alicyclic amines) is 1. The molecule has 248 valence electrons. The van der Waals surface area contributed by atoms with Gasteiger partial charge in [-0.1, -0.05) is 30.3 Å². The van der Waals surface area contributed by atoms with Gasteiger partial charge < -0.3 is 15.4 Å². The molecular formula is C36H33FN8O4. The van der Waals surface area contributed by atoms with Crippen LogP contribution in [0.1, 0.15) is 46.8 Å². The number of nitrogens with zero attached hydrogens (tertiary/aromatic N) is 6. The van der Waals surface area contributed by atoms with Crippen LogP contribution in [-0.4, -0.2) is 72.6 Å². The highest BCUT2D eigenvalue weighted by Gasteiger charge is 2.39. The Labute approximate surface area is 280 Å². The fourth-order valence-electron chi connectivity index (χ4n) is 7.09. The van der Waals surface area contributed by atoms with Gasteiger partial charge >= 0.3 is 0 Å². The molecule has 3 aliphatic heterocycles. The number of nitrogens with one attached hydrogen (secondary N) is 1. The van der Waals surface area contributed by atoms with Gasteiger partial charge in [0.15, 0.2) is 5.65 Å². The Bertz CT molecular complexity index is 2090. The first-order valence-corrected chi connectivity index (χ1v) is 16.3. The lowest BCUT2D eigenvalue weighted by Gasteiger charge is -2.34. The monoisotopic (exact) mass is 660 g/mol. The smallest absolute Gasteiger partial charge is 0.255 e. The van der Waals surface area contributed by atoms with Gasteiger partial charge in [0, 0.05) is 43.7 Å². The van der Waals surface area contributed by atoms with Crippen molar-refractivity contribution in [2.75, 3.05) is 18.8 Å². The van der Waals surface area contributed by atoms with E-state index in [9.17, 15) is 14.4 Å². The van der Waals surface area contributed by atoms with Crippen LogP contribution in [0.5, 0.6) is 11.5 Å². The highest BCUT2D eigenvalue weighted by molar-refractivity contribution is 6.05. The number of aromatic nitrogens is 4. The Morgan fingerprint density at radius 2 is 1.76 bits per heavy atom. The van der Waals surface area contributed by atoms with E-state index >= 15 is 4.39 Å². The number of amides is 3. The van der Waals surface area contributed by atoms with Crippen LogP contribution in [0.4, 0.5) is 10.2 Å². The second-order valence-corrected chi connectivity index (χ2v) is 12.7. The maximum atomic E-state index is 16.1. The van der Waals surface area contributed by atoms with Crippen molar-refractivity contribution in [2.45, 2.75) is 50.6 Å². The summed E-state index contributed by atoms with van der Waals surface area (Å²) in [5.41, 5.74) is 10.5. The molecule has 3 aromatic carbocycles. The second kappa shape index (κ2) is 12.4. The van der Waals surface area contributed by atoms with E-state index in [1.807, 2.05) is 66.7 Å². The van der Waals surface area contributed by atoms with Crippen LogP contribution in [0.25, 0.3) is 22.3 Å². The summed E-state index contributed by atoms with van der Waals surface area (Å²) in [7, 11) is 0. The molecule has 2 saturated heterocycles. The summed E-state index contributed by atoms with van der Waals surface area (Å²) in [5.74, 6) is 0.696. The molecule has 0 spiro atoms. The van der Waals surface area contributed by atoms with Crippen LogP contribution < -0.4 is 15.8 Å². The van der Waals surface area contributed by atoms with Gasteiger partial charge in [-0.2, -0.15) is 5.10 Å². The number of nitrogen functional groups attached to an aromatic ring is 1. The predicted octanol–water partition coefficient (Wildman–Crippen LogP) is 4.41. The third kappa shape index (κ3) is 5.75. The first-order chi connectivity index (χ1) is 23.8. The number of hydrogen-bond donors (Lipinski definition) is 2. The van der Waals surface area contributed by atoms with E-state index in [0.717, 1.165) is 22.4 Å². The SMILES string of the molecule is Nc1ncnc2c1c(-c1ccc(Oc3ccccc3)cc1)nn2C1CCN(Cc2ccc3c(c2)CN(C2CCC(=O)NC2=O)C3=O)CC1F. The number of halogens is 1. The number of piperidine rings is 2. The van der Waals surface area contributed by atoms with E-state index in [1.165, 1.54) is 11.2 Å². The van der Waals surface area contributed by atoms with Crippen molar-refractivity contribution in [3.05, 3.63) is 95.8 Å². The molecule has 2 fully saturated rings. The molecule has 2 aromatic heterocycles.